The molecule has 1 fully saturated rings. The van der Waals surface area contributed by atoms with Gasteiger partial charge in [0.15, 0.2) is 5.82 Å². The molecule has 1 saturated carbocycles. The molecular formula is C24H21ClFN3O. The number of rotatable bonds is 4. The molecule has 0 unspecified atom stereocenters. The molecule has 3 aromatic rings. The lowest BCUT2D eigenvalue weighted by Crippen LogP contribution is -2.29. The van der Waals surface area contributed by atoms with Gasteiger partial charge in [-0.3, -0.25) is 4.79 Å². The van der Waals surface area contributed by atoms with Crippen LogP contribution >= 0.6 is 11.6 Å². The van der Waals surface area contributed by atoms with Crippen molar-refractivity contribution in [3.8, 4) is 0 Å². The Bertz CT molecular complexity index is 1170. The van der Waals surface area contributed by atoms with Crippen molar-refractivity contribution in [1.29, 1.82) is 0 Å². The third kappa shape index (κ3) is 3.43. The van der Waals surface area contributed by atoms with Gasteiger partial charge >= 0.3 is 0 Å². The van der Waals surface area contributed by atoms with Gasteiger partial charge in [-0.15, -0.1) is 0 Å². The highest BCUT2D eigenvalue weighted by atomic mass is 35.5. The number of anilines is 2. The van der Waals surface area contributed by atoms with E-state index in [1.807, 2.05) is 24.4 Å². The maximum atomic E-state index is 14.5. The molecule has 5 rings (SSSR count). The third-order valence-corrected chi connectivity index (χ3v) is 6.00. The summed E-state index contributed by atoms with van der Waals surface area (Å²) in [6, 6.07) is 10.8. The molecule has 30 heavy (non-hydrogen) atoms. The average molecular weight is 422 g/mol. The number of amides is 1. The quantitative estimate of drug-likeness (QED) is 0.530. The monoisotopic (exact) mass is 421 g/mol. The van der Waals surface area contributed by atoms with Gasteiger partial charge in [0.05, 0.1) is 16.3 Å². The Morgan fingerprint density at radius 2 is 2.03 bits per heavy atom. The van der Waals surface area contributed by atoms with Crippen LogP contribution in [0.1, 0.15) is 47.5 Å². The summed E-state index contributed by atoms with van der Waals surface area (Å²) in [7, 11) is 0. The zero-order chi connectivity index (χ0) is 20.7. The van der Waals surface area contributed by atoms with Crippen LogP contribution in [0.5, 0.6) is 0 Å². The number of carbonyl (C=O) groups is 1. The minimum atomic E-state index is -0.522. The van der Waals surface area contributed by atoms with Crippen molar-refractivity contribution in [3.63, 3.8) is 0 Å². The van der Waals surface area contributed by atoms with Crippen LogP contribution in [0.25, 0.3) is 10.8 Å². The highest BCUT2D eigenvalue weighted by Gasteiger charge is 2.29. The molecule has 2 heterocycles. The van der Waals surface area contributed by atoms with Crippen molar-refractivity contribution in [2.75, 3.05) is 11.9 Å². The van der Waals surface area contributed by atoms with E-state index in [-0.39, 0.29) is 16.6 Å². The summed E-state index contributed by atoms with van der Waals surface area (Å²) in [5, 5.41) is 4.84. The van der Waals surface area contributed by atoms with E-state index in [0.29, 0.717) is 23.8 Å². The second kappa shape index (κ2) is 7.73. The van der Waals surface area contributed by atoms with Crippen molar-refractivity contribution in [2.45, 2.75) is 31.6 Å². The van der Waals surface area contributed by atoms with Gasteiger partial charge in [-0.25, -0.2) is 9.37 Å². The van der Waals surface area contributed by atoms with Crippen LogP contribution in [0.3, 0.4) is 0 Å². The molecule has 2 aromatic carbocycles. The van der Waals surface area contributed by atoms with Gasteiger partial charge < -0.3 is 10.2 Å². The Kier molecular flexibility index (Phi) is 4.91. The smallest absolute Gasteiger partial charge is 0.259 e. The van der Waals surface area contributed by atoms with E-state index in [1.54, 1.807) is 23.2 Å². The normalized spacial score (nSPS) is 16.1. The number of halogens is 2. The molecule has 1 aliphatic carbocycles. The molecule has 152 valence electrons. The van der Waals surface area contributed by atoms with Crippen molar-refractivity contribution in [1.82, 2.24) is 9.88 Å². The topological polar surface area (TPSA) is 45.2 Å². The average Bonchev–Trinajstić information content (AvgIpc) is 3.62. The third-order valence-electron chi connectivity index (χ3n) is 5.71. The molecular weight excluding hydrogens is 401 g/mol. The van der Waals surface area contributed by atoms with Gasteiger partial charge in [0.1, 0.15) is 5.82 Å². The zero-order valence-corrected chi connectivity index (χ0v) is 17.1. The van der Waals surface area contributed by atoms with Gasteiger partial charge in [-0.05, 0) is 49.3 Å². The van der Waals surface area contributed by atoms with E-state index >= 15 is 0 Å². The summed E-state index contributed by atoms with van der Waals surface area (Å²) >= 11 is 5.93. The van der Waals surface area contributed by atoms with Crippen LogP contribution in [-0.2, 0) is 0 Å². The number of nitrogens with zero attached hydrogens (tertiary/aromatic N) is 2. The fourth-order valence-corrected chi connectivity index (χ4v) is 4.21. The van der Waals surface area contributed by atoms with Crippen LogP contribution in [0, 0.1) is 5.82 Å². The molecule has 1 aromatic heterocycles. The van der Waals surface area contributed by atoms with Gasteiger partial charge in [0, 0.05) is 29.7 Å². The number of fused-ring (bicyclic) bond motifs is 1. The molecule has 1 aliphatic heterocycles. The van der Waals surface area contributed by atoms with Gasteiger partial charge in [-0.1, -0.05) is 41.9 Å². The first-order valence-electron chi connectivity index (χ1n) is 10.2. The van der Waals surface area contributed by atoms with E-state index in [4.69, 9.17) is 11.6 Å². The lowest BCUT2D eigenvalue weighted by atomic mass is 9.97. The largest absolute Gasteiger partial charge is 0.337 e. The Balaban J connectivity index is 1.65. The molecule has 6 heteroatoms. The van der Waals surface area contributed by atoms with Crippen LogP contribution in [0.4, 0.5) is 15.9 Å². The fourth-order valence-electron chi connectivity index (χ4n) is 4.04. The number of nitrogens with one attached hydrogen (secondary N) is 1. The summed E-state index contributed by atoms with van der Waals surface area (Å²) < 4.78 is 14.5. The molecule has 0 spiro atoms. The Morgan fingerprint density at radius 1 is 1.20 bits per heavy atom. The molecule has 0 saturated heterocycles. The Hall–Kier alpha value is -2.92. The van der Waals surface area contributed by atoms with Gasteiger partial charge in [-0.2, -0.15) is 0 Å². The lowest BCUT2D eigenvalue weighted by molar-refractivity contribution is 0.0817. The number of hydrogen-bond donors (Lipinski definition) is 1. The van der Waals surface area contributed by atoms with E-state index in [0.717, 1.165) is 42.0 Å². The first-order chi connectivity index (χ1) is 14.6. The summed E-state index contributed by atoms with van der Waals surface area (Å²) in [5.74, 6) is 0.401. The number of aromatic nitrogens is 1. The zero-order valence-electron chi connectivity index (χ0n) is 16.4. The SMILES string of the molecule is O=C(c1cnc(Nc2cccc(Cl)c2F)c2cccc(C3CC3)c12)N1C=CCCC1. The van der Waals surface area contributed by atoms with Crippen LogP contribution in [0.15, 0.2) is 54.9 Å². The van der Waals surface area contributed by atoms with E-state index in [9.17, 15) is 9.18 Å². The predicted molar refractivity (Wildman–Crippen MR) is 118 cm³/mol. The minimum absolute atomic E-state index is 0.0444. The molecule has 1 amide bonds. The van der Waals surface area contributed by atoms with Crippen molar-refractivity contribution >= 4 is 39.8 Å². The summed E-state index contributed by atoms with van der Waals surface area (Å²) in [5.41, 5.74) is 2.01. The molecule has 4 nitrogen and oxygen atoms in total. The molecule has 2 aliphatic rings. The van der Waals surface area contributed by atoms with Crippen molar-refractivity contribution in [2.24, 2.45) is 0 Å². The standard InChI is InChI=1S/C24H21ClFN3O/c25-19-8-5-9-20(22(19)26)28-23-17-7-4-6-16(15-10-11-15)21(17)18(14-27-23)24(30)29-12-2-1-3-13-29/h2,4-9,12,14-15H,1,3,10-11,13H2,(H,27,28). The maximum absolute atomic E-state index is 14.5. The second-order valence-corrected chi connectivity index (χ2v) is 8.22. The lowest BCUT2D eigenvalue weighted by Gasteiger charge is -2.23. The Labute approximate surface area is 179 Å². The van der Waals surface area contributed by atoms with Crippen LogP contribution in [-0.4, -0.2) is 22.3 Å². The number of pyridine rings is 1. The maximum Gasteiger partial charge on any atom is 0.259 e. The Morgan fingerprint density at radius 3 is 2.80 bits per heavy atom. The van der Waals surface area contributed by atoms with E-state index in [1.165, 1.54) is 6.07 Å². The van der Waals surface area contributed by atoms with Crippen molar-refractivity contribution < 1.29 is 9.18 Å². The van der Waals surface area contributed by atoms with E-state index < -0.39 is 5.82 Å². The van der Waals surface area contributed by atoms with E-state index in [2.05, 4.69) is 16.4 Å². The van der Waals surface area contributed by atoms with Crippen molar-refractivity contribution in [3.05, 3.63) is 76.8 Å². The highest BCUT2D eigenvalue weighted by molar-refractivity contribution is 6.31. The number of hydrogen-bond acceptors (Lipinski definition) is 3. The first kappa shape index (κ1) is 19.1. The second-order valence-electron chi connectivity index (χ2n) is 7.82. The molecule has 0 bridgehead atoms. The molecule has 0 radical (unpaired) electrons. The summed E-state index contributed by atoms with van der Waals surface area (Å²) in [4.78, 5) is 19.6. The minimum Gasteiger partial charge on any atom is -0.337 e. The molecule has 0 atom stereocenters. The number of allylic oxidation sites excluding steroid dienone is 1. The summed E-state index contributed by atoms with van der Waals surface area (Å²) in [6.45, 7) is 0.705. The summed E-state index contributed by atoms with van der Waals surface area (Å²) in [6.07, 6.45) is 9.68. The van der Waals surface area contributed by atoms with Crippen LogP contribution in [0.2, 0.25) is 5.02 Å². The van der Waals surface area contributed by atoms with Gasteiger partial charge in [0.25, 0.3) is 5.91 Å². The first-order valence-corrected chi connectivity index (χ1v) is 10.6. The number of benzene rings is 2. The highest BCUT2D eigenvalue weighted by Crippen LogP contribution is 2.45. The predicted octanol–water partition coefficient (Wildman–Crippen LogP) is 6.40. The van der Waals surface area contributed by atoms with Gasteiger partial charge in [0.2, 0.25) is 0 Å². The fraction of sp³-hybridized carbons (Fsp3) is 0.250. The molecule has 1 N–H and O–H groups in total. The van der Waals surface area contributed by atoms with Crippen LogP contribution < -0.4 is 5.32 Å². The number of carbonyl (C=O) groups excluding carboxylic acids is 1.